The van der Waals surface area contributed by atoms with Gasteiger partial charge < -0.3 is 89.9 Å². The Balaban J connectivity index is 1.36. The van der Waals surface area contributed by atoms with Gasteiger partial charge in [0.25, 0.3) is 0 Å². The van der Waals surface area contributed by atoms with Gasteiger partial charge in [0, 0.05) is 6.42 Å². The predicted molar refractivity (Wildman–Crippen MR) is 379 cm³/mol. The number of unbranched alkanes of at least 4 members (excludes halogenated alkanes) is 49. The molecule has 17 atom stereocenters. The zero-order valence-corrected chi connectivity index (χ0v) is 60.9. The van der Waals surface area contributed by atoms with Crippen LogP contribution >= 0.6 is 0 Å². The minimum atomic E-state index is -1.97. The van der Waals surface area contributed by atoms with E-state index in [4.69, 9.17) is 28.4 Å². The third kappa shape index (κ3) is 39.4. The van der Waals surface area contributed by atoms with Gasteiger partial charge in [-0.05, 0) is 12.8 Å². The van der Waals surface area contributed by atoms with Crippen LogP contribution in [-0.4, -0.2) is 193 Å². The van der Waals surface area contributed by atoms with E-state index in [1.54, 1.807) is 0 Å². The highest BCUT2D eigenvalue weighted by molar-refractivity contribution is 5.76. The molecule has 0 radical (unpaired) electrons. The quantitative estimate of drug-likeness (QED) is 0.0252. The molecule has 570 valence electrons. The number of aliphatic hydroxyl groups is 11. The van der Waals surface area contributed by atoms with E-state index in [9.17, 15) is 61.0 Å². The van der Waals surface area contributed by atoms with Gasteiger partial charge in [0.1, 0.15) is 73.2 Å². The number of hydrogen-bond acceptors (Lipinski definition) is 18. The largest absolute Gasteiger partial charge is 0.394 e. The lowest BCUT2D eigenvalue weighted by Gasteiger charge is -2.48. The monoisotopic (exact) mass is 1380 g/mol. The molecule has 1 amide bonds. The third-order valence-corrected chi connectivity index (χ3v) is 20.7. The predicted octanol–water partition coefficient (Wildman–Crippen LogP) is 13.0. The maximum Gasteiger partial charge on any atom is 0.220 e. The van der Waals surface area contributed by atoms with Crippen molar-refractivity contribution in [3.63, 3.8) is 0 Å². The molecule has 0 aliphatic carbocycles. The number of carbonyl (C=O) groups excluding carboxylic acids is 1. The number of hydrogen-bond donors (Lipinski definition) is 12. The first-order chi connectivity index (χ1) is 46.8. The van der Waals surface area contributed by atoms with Gasteiger partial charge in [-0.25, -0.2) is 0 Å². The lowest BCUT2D eigenvalue weighted by Crippen LogP contribution is -2.66. The fourth-order valence-electron chi connectivity index (χ4n) is 14.2. The summed E-state index contributed by atoms with van der Waals surface area (Å²) in [6.45, 7) is 1.87. The Kier molecular flexibility index (Phi) is 54.9. The smallest absolute Gasteiger partial charge is 0.220 e. The molecule has 3 aliphatic rings. The van der Waals surface area contributed by atoms with Gasteiger partial charge in [-0.1, -0.05) is 335 Å². The first-order valence-corrected chi connectivity index (χ1v) is 40.3. The number of carbonyl (C=O) groups is 1. The topological polar surface area (TPSA) is 307 Å². The maximum absolute atomic E-state index is 13.5. The minimum Gasteiger partial charge on any atom is -0.394 e. The molecule has 0 saturated carbocycles. The average molecular weight is 1380 g/mol. The summed E-state index contributed by atoms with van der Waals surface area (Å²) in [6, 6.07) is -0.883. The van der Waals surface area contributed by atoms with Gasteiger partial charge >= 0.3 is 0 Å². The van der Waals surface area contributed by atoms with Crippen LogP contribution in [-0.2, 0) is 33.2 Å². The molecule has 17 unspecified atom stereocenters. The van der Waals surface area contributed by atoms with Crippen LogP contribution in [0, 0.1) is 0 Å². The van der Waals surface area contributed by atoms with Gasteiger partial charge in [0.05, 0.1) is 38.6 Å². The van der Waals surface area contributed by atoms with Crippen LogP contribution in [0.2, 0.25) is 0 Å². The molecule has 3 aliphatic heterocycles. The summed E-state index contributed by atoms with van der Waals surface area (Å²) in [5, 5.41) is 121. The van der Waals surface area contributed by atoms with E-state index in [0.717, 1.165) is 44.9 Å². The summed E-state index contributed by atoms with van der Waals surface area (Å²) in [5.41, 5.74) is 0. The highest BCUT2D eigenvalue weighted by Crippen LogP contribution is 2.33. The average Bonchev–Trinajstić information content (AvgIpc) is 0.787. The Labute approximate surface area is 583 Å². The molecule has 3 rings (SSSR count). The molecular weight excluding hydrogens is 1230 g/mol. The number of aliphatic hydroxyl groups excluding tert-OH is 11. The second-order valence-electron chi connectivity index (χ2n) is 29.2. The fourth-order valence-corrected chi connectivity index (χ4v) is 14.2. The summed E-state index contributed by atoms with van der Waals surface area (Å²) < 4.78 is 34.5. The lowest BCUT2D eigenvalue weighted by atomic mass is 9.96. The Hall–Kier alpha value is -1.21. The molecule has 0 spiro atoms. The zero-order chi connectivity index (χ0) is 69.6. The van der Waals surface area contributed by atoms with E-state index in [0.29, 0.717) is 12.8 Å². The Bertz CT molecular complexity index is 1740. The Morgan fingerprint density at radius 1 is 0.333 bits per heavy atom. The summed E-state index contributed by atoms with van der Waals surface area (Å²) in [6.07, 6.45) is 40.5. The molecule has 0 bridgehead atoms. The van der Waals surface area contributed by atoms with Crippen molar-refractivity contribution in [2.24, 2.45) is 0 Å². The third-order valence-electron chi connectivity index (χ3n) is 20.7. The van der Waals surface area contributed by atoms with Gasteiger partial charge in [-0.2, -0.15) is 0 Å². The van der Waals surface area contributed by atoms with Gasteiger partial charge in [-0.3, -0.25) is 4.79 Å². The fraction of sp³-hybridized carbons (Fsp3) is 0.987. The van der Waals surface area contributed by atoms with Crippen molar-refractivity contribution in [2.45, 2.75) is 458 Å². The van der Waals surface area contributed by atoms with Gasteiger partial charge in [-0.15, -0.1) is 0 Å². The van der Waals surface area contributed by atoms with Crippen molar-refractivity contribution < 1.29 is 89.4 Å². The van der Waals surface area contributed by atoms with Crippen molar-refractivity contribution in [3.8, 4) is 0 Å². The Morgan fingerprint density at radius 3 is 0.906 bits per heavy atom. The molecule has 0 aromatic heterocycles. The zero-order valence-electron chi connectivity index (χ0n) is 60.9. The van der Waals surface area contributed by atoms with Crippen LogP contribution < -0.4 is 5.32 Å². The van der Waals surface area contributed by atoms with Crippen molar-refractivity contribution in [1.82, 2.24) is 5.32 Å². The van der Waals surface area contributed by atoms with Crippen molar-refractivity contribution >= 4 is 5.91 Å². The van der Waals surface area contributed by atoms with E-state index in [-0.39, 0.29) is 18.9 Å². The molecule has 19 nitrogen and oxygen atoms in total. The van der Waals surface area contributed by atoms with Crippen LogP contribution in [0.25, 0.3) is 0 Å². The number of nitrogens with one attached hydrogen (secondary N) is 1. The first-order valence-electron chi connectivity index (χ1n) is 40.3. The normalized spacial score (nSPS) is 26.9. The van der Waals surface area contributed by atoms with Crippen LogP contribution in [0.15, 0.2) is 0 Å². The molecule has 3 fully saturated rings. The molecule has 3 heterocycles. The molecular formula is C77H149NO18. The molecule has 0 aromatic rings. The van der Waals surface area contributed by atoms with Crippen LogP contribution in [0.1, 0.15) is 354 Å². The van der Waals surface area contributed by atoms with Gasteiger partial charge in [0.15, 0.2) is 18.9 Å². The standard InChI is InChI=1S/C77H149NO18/c1-3-5-7-9-11-13-15-17-19-21-23-25-27-28-29-30-31-32-33-35-37-39-41-43-45-47-49-51-53-55-65(83)78-60(61(82)54-52-50-48-46-44-42-40-38-36-34-26-24-22-20-18-16-14-12-10-8-6-4-2)59-91-75-71(89)68(86)73(63(57-80)93-75)96-77-72(90)69(87)74(64(58-81)94-77)95-76-70(88)67(85)66(84)62(56-79)92-76/h60-64,66-77,79-82,84-90H,3-59H2,1-2H3,(H,78,83). The summed E-state index contributed by atoms with van der Waals surface area (Å²) in [7, 11) is 0. The van der Waals surface area contributed by atoms with E-state index in [2.05, 4.69) is 19.2 Å². The van der Waals surface area contributed by atoms with E-state index >= 15 is 0 Å². The van der Waals surface area contributed by atoms with E-state index < -0.39 is 124 Å². The van der Waals surface area contributed by atoms with Crippen molar-refractivity contribution in [3.05, 3.63) is 0 Å². The number of amides is 1. The van der Waals surface area contributed by atoms with E-state index in [1.807, 2.05) is 0 Å². The maximum atomic E-state index is 13.5. The number of rotatable bonds is 65. The highest BCUT2D eigenvalue weighted by Gasteiger charge is 2.54. The van der Waals surface area contributed by atoms with E-state index in [1.165, 1.54) is 276 Å². The molecule has 96 heavy (non-hydrogen) atoms. The minimum absolute atomic E-state index is 0.233. The molecule has 3 saturated heterocycles. The lowest BCUT2D eigenvalue weighted by molar-refractivity contribution is -0.379. The van der Waals surface area contributed by atoms with Crippen molar-refractivity contribution in [1.29, 1.82) is 0 Å². The number of ether oxygens (including phenoxy) is 6. The van der Waals surface area contributed by atoms with Gasteiger partial charge in [0.2, 0.25) is 5.91 Å². The summed E-state index contributed by atoms with van der Waals surface area (Å²) in [4.78, 5) is 13.5. The van der Waals surface area contributed by atoms with Crippen LogP contribution in [0.4, 0.5) is 0 Å². The second-order valence-corrected chi connectivity index (χ2v) is 29.2. The molecule has 0 aromatic carbocycles. The Morgan fingerprint density at radius 2 is 0.594 bits per heavy atom. The molecule has 19 heteroatoms. The first kappa shape index (κ1) is 89.0. The SMILES string of the molecule is CCCCCCCCCCCCCCCCCCCCCCCCCCCCCCCC(=O)NC(COC1OC(CO)C(OC2OC(CO)C(OC3OC(CO)C(O)C(O)C3O)C(O)C2O)C(O)C1O)C(O)CCCCCCCCCCCCCCCCCCCCCCCC. The highest BCUT2D eigenvalue weighted by atomic mass is 16.8. The summed E-state index contributed by atoms with van der Waals surface area (Å²) >= 11 is 0. The van der Waals surface area contributed by atoms with Crippen LogP contribution in [0.3, 0.4) is 0 Å². The second kappa shape index (κ2) is 59.2. The summed E-state index contributed by atoms with van der Waals surface area (Å²) in [5.74, 6) is -0.233. The molecule has 12 N–H and O–H groups in total. The van der Waals surface area contributed by atoms with Crippen LogP contribution in [0.5, 0.6) is 0 Å². The van der Waals surface area contributed by atoms with Crippen molar-refractivity contribution in [2.75, 3.05) is 26.4 Å².